The van der Waals surface area contributed by atoms with E-state index in [1.54, 1.807) is 25.1 Å². The number of ether oxygens (including phenoxy) is 1. The molecule has 7 heteroatoms. The maximum absolute atomic E-state index is 13.7. The maximum Gasteiger partial charge on any atom is 0.349 e. The van der Waals surface area contributed by atoms with E-state index in [1.165, 1.54) is 24.3 Å². The molecule has 0 unspecified atom stereocenters. The van der Waals surface area contributed by atoms with E-state index < -0.39 is 17.3 Å². The van der Waals surface area contributed by atoms with Crippen molar-refractivity contribution in [2.75, 3.05) is 11.9 Å². The third-order valence-electron chi connectivity index (χ3n) is 3.43. The number of para-hydroxylation sites is 1. The fourth-order valence-electron chi connectivity index (χ4n) is 2.34. The molecule has 25 heavy (non-hydrogen) atoms. The zero-order chi connectivity index (χ0) is 18.0. The minimum Gasteiger partial charge on any atom is -0.490 e. The monoisotopic (exact) mass is 405 g/mol. The van der Waals surface area contributed by atoms with E-state index in [-0.39, 0.29) is 16.8 Å². The zero-order valence-electron chi connectivity index (χ0n) is 13.1. The van der Waals surface area contributed by atoms with Gasteiger partial charge in [-0.3, -0.25) is 4.79 Å². The summed E-state index contributed by atoms with van der Waals surface area (Å²) in [4.78, 5) is 24.5. The lowest BCUT2D eigenvalue weighted by molar-refractivity contribution is 0.102. The fraction of sp³-hybridized carbons (Fsp3) is 0.111. The number of anilines is 1. The van der Waals surface area contributed by atoms with Crippen molar-refractivity contribution in [3.8, 4) is 5.75 Å². The Kier molecular flexibility index (Phi) is 4.85. The molecule has 3 rings (SSSR count). The summed E-state index contributed by atoms with van der Waals surface area (Å²) in [6.45, 7) is 2.20. The molecule has 1 aromatic heterocycles. The first-order valence-corrected chi connectivity index (χ1v) is 8.25. The van der Waals surface area contributed by atoms with Crippen molar-refractivity contribution < 1.29 is 18.3 Å². The number of fused-ring (bicyclic) bond motifs is 1. The lowest BCUT2D eigenvalue weighted by atomic mass is 10.1. The quantitative estimate of drug-likeness (QED) is 0.655. The summed E-state index contributed by atoms with van der Waals surface area (Å²) in [7, 11) is 0. The van der Waals surface area contributed by atoms with Gasteiger partial charge in [0.15, 0.2) is 11.3 Å². The van der Waals surface area contributed by atoms with Gasteiger partial charge in [-0.05, 0) is 37.3 Å². The standard InChI is InChI=1S/C18H13BrFNO4/c1-2-24-15-9-11(19)7-10-8-12(18(23)25-16(10)15)17(22)21-14-6-4-3-5-13(14)20/h3-9H,2H2,1H3,(H,21,22). The molecule has 0 saturated carbocycles. The minimum absolute atomic E-state index is 0.0174. The Morgan fingerprint density at radius 2 is 2.04 bits per heavy atom. The summed E-state index contributed by atoms with van der Waals surface area (Å²) in [5, 5.41) is 2.88. The first kappa shape index (κ1) is 17.2. The predicted molar refractivity (Wildman–Crippen MR) is 95.7 cm³/mol. The number of benzene rings is 2. The number of carbonyl (C=O) groups excluding carboxylic acids is 1. The van der Waals surface area contributed by atoms with Crippen LogP contribution in [0.2, 0.25) is 0 Å². The lowest BCUT2D eigenvalue weighted by Gasteiger charge is -2.09. The van der Waals surface area contributed by atoms with Gasteiger partial charge in [-0.15, -0.1) is 0 Å². The number of rotatable bonds is 4. The van der Waals surface area contributed by atoms with E-state index in [0.717, 1.165) is 0 Å². The fourth-order valence-corrected chi connectivity index (χ4v) is 2.80. The Labute approximate surface area is 150 Å². The van der Waals surface area contributed by atoms with Crippen molar-refractivity contribution in [2.24, 2.45) is 0 Å². The number of amides is 1. The van der Waals surface area contributed by atoms with Gasteiger partial charge >= 0.3 is 5.63 Å². The molecule has 0 saturated heterocycles. The number of nitrogens with one attached hydrogen (secondary N) is 1. The second-order valence-electron chi connectivity index (χ2n) is 5.14. The molecule has 0 fully saturated rings. The summed E-state index contributed by atoms with van der Waals surface area (Å²) < 4.78 is 25.1. The van der Waals surface area contributed by atoms with Crippen LogP contribution < -0.4 is 15.7 Å². The Bertz CT molecular complexity index is 1020. The summed E-state index contributed by atoms with van der Waals surface area (Å²) in [6.07, 6.45) is 0. The van der Waals surface area contributed by atoms with Gasteiger partial charge in [0, 0.05) is 9.86 Å². The SMILES string of the molecule is CCOc1cc(Br)cc2cc(C(=O)Nc3ccccc3F)c(=O)oc12. The van der Waals surface area contributed by atoms with Gasteiger partial charge in [-0.2, -0.15) is 0 Å². The molecule has 2 aromatic carbocycles. The third kappa shape index (κ3) is 3.56. The Morgan fingerprint density at radius 1 is 1.28 bits per heavy atom. The highest BCUT2D eigenvalue weighted by Crippen LogP contribution is 2.30. The average Bonchev–Trinajstić information content (AvgIpc) is 2.57. The van der Waals surface area contributed by atoms with Crippen LogP contribution in [-0.2, 0) is 0 Å². The van der Waals surface area contributed by atoms with E-state index in [0.29, 0.717) is 22.2 Å². The Balaban J connectivity index is 2.05. The van der Waals surface area contributed by atoms with E-state index >= 15 is 0 Å². The van der Waals surface area contributed by atoms with Crippen LogP contribution in [-0.4, -0.2) is 12.5 Å². The highest BCUT2D eigenvalue weighted by atomic mass is 79.9. The van der Waals surface area contributed by atoms with Crippen molar-refractivity contribution in [1.82, 2.24) is 0 Å². The largest absolute Gasteiger partial charge is 0.490 e. The van der Waals surface area contributed by atoms with Gasteiger partial charge in [0.05, 0.1) is 12.3 Å². The van der Waals surface area contributed by atoms with Gasteiger partial charge in [0.2, 0.25) is 0 Å². The van der Waals surface area contributed by atoms with Crippen molar-refractivity contribution in [3.63, 3.8) is 0 Å². The molecule has 0 aliphatic rings. The molecule has 0 aliphatic heterocycles. The number of hydrogen-bond acceptors (Lipinski definition) is 4. The summed E-state index contributed by atoms with van der Waals surface area (Å²) in [5.41, 5.74) is -0.824. The Morgan fingerprint density at radius 3 is 2.76 bits per heavy atom. The minimum atomic E-state index is -0.829. The molecule has 1 heterocycles. The van der Waals surface area contributed by atoms with Crippen LogP contribution >= 0.6 is 15.9 Å². The van der Waals surface area contributed by atoms with E-state index in [1.807, 2.05) is 0 Å². The van der Waals surface area contributed by atoms with E-state index in [2.05, 4.69) is 21.2 Å². The molecule has 1 amide bonds. The molecule has 0 spiro atoms. The van der Waals surface area contributed by atoms with Gasteiger partial charge < -0.3 is 14.5 Å². The third-order valence-corrected chi connectivity index (χ3v) is 3.89. The zero-order valence-corrected chi connectivity index (χ0v) is 14.7. The molecule has 0 aliphatic carbocycles. The number of halogens is 2. The normalized spacial score (nSPS) is 10.7. The van der Waals surface area contributed by atoms with E-state index in [9.17, 15) is 14.0 Å². The predicted octanol–water partition coefficient (Wildman–Crippen LogP) is 4.35. The van der Waals surface area contributed by atoms with Crippen molar-refractivity contribution in [2.45, 2.75) is 6.92 Å². The van der Waals surface area contributed by atoms with Crippen LogP contribution in [0, 0.1) is 5.82 Å². The van der Waals surface area contributed by atoms with Gasteiger partial charge in [-0.25, -0.2) is 9.18 Å². The van der Waals surface area contributed by atoms with Crippen molar-refractivity contribution >= 4 is 38.5 Å². The lowest BCUT2D eigenvalue weighted by Crippen LogP contribution is -2.21. The highest BCUT2D eigenvalue weighted by Gasteiger charge is 2.17. The van der Waals surface area contributed by atoms with Crippen molar-refractivity contribution in [3.05, 3.63) is 68.7 Å². The number of hydrogen-bond donors (Lipinski definition) is 1. The second kappa shape index (κ2) is 7.06. The van der Waals surface area contributed by atoms with Crippen LogP contribution in [0.15, 0.2) is 56.1 Å². The topological polar surface area (TPSA) is 68.5 Å². The molecule has 5 nitrogen and oxygen atoms in total. The summed E-state index contributed by atoms with van der Waals surface area (Å²) in [5.74, 6) is -0.953. The van der Waals surface area contributed by atoms with Gasteiger partial charge in [-0.1, -0.05) is 28.1 Å². The highest BCUT2D eigenvalue weighted by molar-refractivity contribution is 9.10. The molecule has 0 bridgehead atoms. The maximum atomic E-state index is 13.7. The molecule has 1 N–H and O–H groups in total. The Hall–Kier alpha value is -2.67. The molecule has 0 radical (unpaired) electrons. The van der Waals surface area contributed by atoms with Crippen LogP contribution in [0.4, 0.5) is 10.1 Å². The van der Waals surface area contributed by atoms with Gasteiger partial charge in [0.25, 0.3) is 5.91 Å². The van der Waals surface area contributed by atoms with Crippen LogP contribution in [0.25, 0.3) is 11.0 Å². The average molecular weight is 406 g/mol. The first-order chi connectivity index (χ1) is 12.0. The van der Waals surface area contributed by atoms with Crippen molar-refractivity contribution in [1.29, 1.82) is 0 Å². The van der Waals surface area contributed by atoms with Crippen LogP contribution in [0.5, 0.6) is 5.75 Å². The molecule has 3 aromatic rings. The van der Waals surface area contributed by atoms with Crippen LogP contribution in [0.3, 0.4) is 0 Å². The van der Waals surface area contributed by atoms with Crippen LogP contribution in [0.1, 0.15) is 17.3 Å². The second-order valence-corrected chi connectivity index (χ2v) is 6.05. The van der Waals surface area contributed by atoms with Gasteiger partial charge in [0.1, 0.15) is 11.4 Å². The molecule has 0 atom stereocenters. The molecule has 128 valence electrons. The molecular weight excluding hydrogens is 393 g/mol. The first-order valence-electron chi connectivity index (χ1n) is 7.45. The number of carbonyl (C=O) groups is 1. The smallest absolute Gasteiger partial charge is 0.349 e. The van der Waals surface area contributed by atoms with E-state index in [4.69, 9.17) is 9.15 Å². The summed E-state index contributed by atoms with van der Waals surface area (Å²) in [6, 6.07) is 10.5. The summed E-state index contributed by atoms with van der Waals surface area (Å²) >= 11 is 3.35. The molecular formula is C18H13BrFNO4.